The van der Waals surface area contributed by atoms with Crippen LogP contribution in [-0.2, 0) is 13.0 Å². The number of anilines is 1. The van der Waals surface area contributed by atoms with E-state index in [9.17, 15) is 0 Å². The van der Waals surface area contributed by atoms with Crippen LogP contribution in [0.3, 0.4) is 0 Å². The molecule has 3 rings (SSSR count). The Balaban J connectivity index is 1.55. The molecule has 0 saturated heterocycles. The fourth-order valence-corrected chi connectivity index (χ4v) is 2.88. The zero-order valence-electron chi connectivity index (χ0n) is 14.2. The fourth-order valence-electron chi connectivity index (χ4n) is 2.88. The minimum Gasteiger partial charge on any atom is -0.487 e. The third-order valence-corrected chi connectivity index (χ3v) is 4.27. The van der Waals surface area contributed by atoms with Crippen molar-refractivity contribution >= 4 is 5.69 Å². The molecule has 0 saturated carbocycles. The molecular weight excluding hydrogens is 284 g/mol. The van der Waals surface area contributed by atoms with Gasteiger partial charge in [0.1, 0.15) is 11.9 Å². The van der Waals surface area contributed by atoms with Crippen molar-refractivity contribution in [3.8, 4) is 5.75 Å². The van der Waals surface area contributed by atoms with Crippen LogP contribution in [0.5, 0.6) is 5.75 Å². The van der Waals surface area contributed by atoms with Crippen LogP contribution in [-0.4, -0.2) is 18.7 Å². The molecule has 0 bridgehead atoms. The number of hydrogen-bond donors (Lipinski definition) is 2. The zero-order valence-corrected chi connectivity index (χ0v) is 14.2. The molecule has 0 aliphatic carbocycles. The van der Waals surface area contributed by atoms with E-state index in [1.807, 2.05) is 0 Å². The second-order valence-corrected chi connectivity index (χ2v) is 6.61. The number of aryl methyl sites for hydroxylation is 1. The van der Waals surface area contributed by atoms with Crippen molar-refractivity contribution in [2.75, 3.05) is 11.9 Å². The van der Waals surface area contributed by atoms with E-state index in [0.29, 0.717) is 6.04 Å². The monoisotopic (exact) mass is 310 g/mol. The van der Waals surface area contributed by atoms with E-state index in [-0.39, 0.29) is 6.10 Å². The molecule has 2 N–H and O–H groups in total. The molecule has 23 heavy (non-hydrogen) atoms. The van der Waals surface area contributed by atoms with Gasteiger partial charge in [-0.2, -0.15) is 0 Å². The summed E-state index contributed by atoms with van der Waals surface area (Å²) in [4.78, 5) is 0. The summed E-state index contributed by atoms with van der Waals surface area (Å²) in [6.45, 7) is 8.22. The molecule has 2 unspecified atom stereocenters. The standard InChI is InChI=1S/C20H26N2O/c1-14-4-6-17(7-5-14)13-21-15(2)10-18-8-9-20-19(11-18)22-12-16(3)23-20/h4-9,11,15-16,21-22H,10,12-13H2,1-3H3. The smallest absolute Gasteiger partial charge is 0.142 e. The molecule has 1 heterocycles. The summed E-state index contributed by atoms with van der Waals surface area (Å²) >= 11 is 0. The Morgan fingerprint density at radius 2 is 1.91 bits per heavy atom. The van der Waals surface area contributed by atoms with Crippen molar-refractivity contribution in [3.63, 3.8) is 0 Å². The molecule has 0 fully saturated rings. The van der Waals surface area contributed by atoms with Gasteiger partial charge in [0.2, 0.25) is 0 Å². The molecule has 0 radical (unpaired) electrons. The highest BCUT2D eigenvalue weighted by atomic mass is 16.5. The third-order valence-electron chi connectivity index (χ3n) is 4.27. The van der Waals surface area contributed by atoms with Gasteiger partial charge in [-0.3, -0.25) is 0 Å². The van der Waals surface area contributed by atoms with Gasteiger partial charge in [-0.15, -0.1) is 0 Å². The molecular formula is C20H26N2O. The Labute approximate surface area is 139 Å². The van der Waals surface area contributed by atoms with Crippen molar-refractivity contribution < 1.29 is 4.74 Å². The van der Waals surface area contributed by atoms with Gasteiger partial charge in [-0.05, 0) is 50.5 Å². The van der Waals surface area contributed by atoms with Gasteiger partial charge in [-0.1, -0.05) is 35.9 Å². The topological polar surface area (TPSA) is 33.3 Å². The summed E-state index contributed by atoms with van der Waals surface area (Å²) < 4.78 is 5.83. The van der Waals surface area contributed by atoms with Crippen molar-refractivity contribution in [1.82, 2.24) is 5.32 Å². The first kappa shape index (κ1) is 15.9. The lowest BCUT2D eigenvalue weighted by Gasteiger charge is -2.25. The van der Waals surface area contributed by atoms with Gasteiger partial charge in [0, 0.05) is 12.6 Å². The van der Waals surface area contributed by atoms with Crippen molar-refractivity contribution in [2.45, 2.75) is 45.9 Å². The van der Waals surface area contributed by atoms with Gasteiger partial charge in [0.15, 0.2) is 0 Å². The predicted octanol–water partition coefficient (Wildman–Crippen LogP) is 3.91. The largest absolute Gasteiger partial charge is 0.487 e. The van der Waals surface area contributed by atoms with Gasteiger partial charge in [0.05, 0.1) is 12.2 Å². The average molecular weight is 310 g/mol. The first-order valence-electron chi connectivity index (χ1n) is 8.42. The van der Waals surface area contributed by atoms with E-state index in [2.05, 4.69) is 73.9 Å². The highest BCUT2D eigenvalue weighted by molar-refractivity contribution is 5.59. The minimum atomic E-state index is 0.239. The molecule has 2 atom stereocenters. The molecule has 0 aromatic heterocycles. The number of ether oxygens (including phenoxy) is 1. The van der Waals surface area contributed by atoms with Crippen LogP contribution in [0.15, 0.2) is 42.5 Å². The molecule has 2 aromatic carbocycles. The first-order valence-corrected chi connectivity index (χ1v) is 8.42. The summed E-state index contributed by atoms with van der Waals surface area (Å²) in [6.07, 6.45) is 1.25. The van der Waals surface area contributed by atoms with Gasteiger partial charge >= 0.3 is 0 Å². The van der Waals surface area contributed by atoms with Crippen LogP contribution >= 0.6 is 0 Å². The zero-order chi connectivity index (χ0) is 16.2. The lowest BCUT2D eigenvalue weighted by molar-refractivity contribution is 0.226. The van der Waals surface area contributed by atoms with Crippen LogP contribution in [0.1, 0.15) is 30.5 Å². The van der Waals surface area contributed by atoms with Crippen LogP contribution in [0, 0.1) is 6.92 Å². The molecule has 1 aliphatic heterocycles. The third kappa shape index (κ3) is 4.26. The van der Waals surface area contributed by atoms with E-state index < -0.39 is 0 Å². The molecule has 3 nitrogen and oxygen atoms in total. The number of benzene rings is 2. The number of nitrogens with one attached hydrogen (secondary N) is 2. The molecule has 0 amide bonds. The Kier molecular flexibility index (Phi) is 4.87. The van der Waals surface area contributed by atoms with Crippen LogP contribution in [0.2, 0.25) is 0 Å². The Morgan fingerprint density at radius 3 is 2.70 bits per heavy atom. The van der Waals surface area contributed by atoms with Crippen molar-refractivity contribution in [1.29, 1.82) is 0 Å². The van der Waals surface area contributed by atoms with E-state index in [1.165, 1.54) is 16.7 Å². The molecule has 0 spiro atoms. The van der Waals surface area contributed by atoms with Gasteiger partial charge in [-0.25, -0.2) is 0 Å². The maximum absolute atomic E-state index is 5.83. The maximum atomic E-state index is 5.83. The van der Waals surface area contributed by atoms with Crippen LogP contribution < -0.4 is 15.4 Å². The number of hydrogen-bond acceptors (Lipinski definition) is 3. The molecule has 3 heteroatoms. The highest BCUT2D eigenvalue weighted by Crippen LogP contribution is 2.30. The van der Waals surface area contributed by atoms with E-state index in [0.717, 1.165) is 30.9 Å². The minimum absolute atomic E-state index is 0.239. The summed E-state index contributed by atoms with van der Waals surface area (Å²) in [5.74, 6) is 0.966. The lowest BCUT2D eigenvalue weighted by Crippen LogP contribution is -2.29. The number of fused-ring (bicyclic) bond motifs is 1. The molecule has 1 aliphatic rings. The van der Waals surface area contributed by atoms with Gasteiger partial charge < -0.3 is 15.4 Å². The maximum Gasteiger partial charge on any atom is 0.142 e. The lowest BCUT2D eigenvalue weighted by atomic mass is 10.0. The summed E-state index contributed by atoms with van der Waals surface area (Å²) in [6, 6.07) is 15.6. The van der Waals surface area contributed by atoms with E-state index in [1.54, 1.807) is 0 Å². The first-order chi connectivity index (χ1) is 11.1. The predicted molar refractivity (Wildman–Crippen MR) is 96.2 cm³/mol. The van der Waals surface area contributed by atoms with Crippen molar-refractivity contribution in [2.24, 2.45) is 0 Å². The second-order valence-electron chi connectivity index (χ2n) is 6.61. The van der Waals surface area contributed by atoms with Crippen molar-refractivity contribution in [3.05, 3.63) is 59.2 Å². The van der Waals surface area contributed by atoms with E-state index >= 15 is 0 Å². The average Bonchev–Trinajstić information content (AvgIpc) is 2.54. The molecule has 2 aromatic rings. The molecule has 122 valence electrons. The highest BCUT2D eigenvalue weighted by Gasteiger charge is 2.15. The van der Waals surface area contributed by atoms with Crippen LogP contribution in [0.25, 0.3) is 0 Å². The normalized spacial score (nSPS) is 17.8. The second kappa shape index (κ2) is 7.05. The Hall–Kier alpha value is -2.00. The summed E-state index contributed by atoms with van der Waals surface area (Å²) in [5.41, 5.74) is 5.08. The van der Waals surface area contributed by atoms with Gasteiger partial charge in [0.25, 0.3) is 0 Å². The van der Waals surface area contributed by atoms with E-state index in [4.69, 9.17) is 4.74 Å². The quantitative estimate of drug-likeness (QED) is 0.878. The summed E-state index contributed by atoms with van der Waals surface area (Å²) in [7, 11) is 0. The summed E-state index contributed by atoms with van der Waals surface area (Å²) in [5, 5.41) is 7.05. The fraction of sp³-hybridized carbons (Fsp3) is 0.400. The number of rotatable bonds is 5. The van der Waals surface area contributed by atoms with Crippen LogP contribution in [0.4, 0.5) is 5.69 Å². The Morgan fingerprint density at radius 1 is 1.17 bits per heavy atom. The SMILES string of the molecule is Cc1ccc(CNC(C)Cc2ccc3c(c2)NCC(C)O3)cc1. The Bertz CT molecular complexity index is 651.